The zero-order chi connectivity index (χ0) is 15.9. The first-order valence-corrected chi connectivity index (χ1v) is 6.03. The number of benzene rings is 1. The molecule has 0 saturated heterocycles. The summed E-state index contributed by atoms with van der Waals surface area (Å²) >= 11 is 0. The zero-order valence-corrected chi connectivity index (χ0v) is 11.1. The van der Waals surface area contributed by atoms with E-state index in [0.717, 1.165) is 0 Å². The maximum atomic E-state index is 11.9. The van der Waals surface area contributed by atoms with Crippen molar-refractivity contribution in [2.24, 2.45) is 0 Å². The van der Waals surface area contributed by atoms with Crippen LogP contribution in [0.3, 0.4) is 0 Å². The minimum absolute atomic E-state index is 0.00654. The number of hydrogen-bond acceptors (Lipinski definition) is 6. The van der Waals surface area contributed by atoms with Crippen LogP contribution < -0.4 is 10.6 Å². The van der Waals surface area contributed by atoms with E-state index in [2.05, 4.69) is 20.5 Å². The number of nitrogens with zero attached hydrogens (tertiary/aromatic N) is 2. The molecule has 0 bridgehead atoms. The lowest BCUT2D eigenvalue weighted by Crippen LogP contribution is -2.21. The molecule has 8 nitrogen and oxygen atoms in total. The normalized spacial score (nSPS) is 9.45. The van der Waals surface area contributed by atoms with E-state index in [4.69, 9.17) is 10.5 Å². The molecule has 1 aromatic heterocycles. The quantitative estimate of drug-likeness (QED) is 0.589. The summed E-state index contributed by atoms with van der Waals surface area (Å²) in [6.07, 6.45) is 1.31. The van der Waals surface area contributed by atoms with Gasteiger partial charge in [0.05, 0.1) is 16.8 Å². The maximum Gasteiger partial charge on any atom is 0.374 e. The molecule has 2 amide bonds. The van der Waals surface area contributed by atoms with E-state index in [1.54, 1.807) is 12.1 Å². The number of anilines is 2. The van der Waals surface area contributed by atoms with Crippen molar-refractivity contribution >= 4 is 23.5 Å². The number of hydrogen-bond donors (Lipinski definition) is 3. The van der Waals surface area contributed by atoms with E-state index in [-0.39, 0.29) is 17.1 Å². The average molecular weight is 298 g/mol. The second kappa shape index (κ2) is 6.83. The summed E-state index contributed by atoms with van der Waals surface area (Å²) in [7, 11) is 0. The van der Waals surface area contributed by atoms with E-state index in [0.29, 0.717) is 5.56 Å². The summed E-state index contributed by atoms with van der Waals surface area (Å²) in [5, 5.41) is 22.0. The fourth-order valence-corrected chi connectivity index (χ4v) is 1.62. The van der Waals surface area contributed by atoms with E-state index < -0.39 is 12.0 Å². The Balaban J connectivity index is 2.09. The van der Waals surface area contributed by atoms with E-state index in [1.165, 1.54) is 30.5 Å². The van der Waals surface area contributed by atoms with E-state index in [9.17, 15) is 9.59 Å². The van der Waals surface area contributed by atoms with Crippen LogP contribution in [-0.4, -0.2) is 22.2 Å². The van der Waals surface area contributed by atoms with Crippen LogP contribution in [0.2, 0.25) is 0 Å². The van der Waals surface area contributed by atoms with Crippen molar-refractivity contribution in [3.63, 3.8) is 0 Å². The molecule has 0 atom stereocenters. The lowest BCUT2D eigenvalue weighted by molar-refractivity contribution is -0.182. The summed E-state index contributed by atoms with van der Waals surface area (Å²) < 4.78 is 0. The Labute approximate surface area is 124 Å². The minimum Gasteiger partial charge on any atom is -0.307 e. The molecule has 2 aromatic rings. The maximum absolute atomic E-state index is 11.9. The largest absolute Gasteiger partial charge is 0.374 e. The Kier molecular flexibility index (Phi) is 4.64. The molecule has 0 aliphatic heterocycles. The van der Waals surface area contributed by atoms with Gasteiger partial charge >= 0.3 is 12.0 Å². The van der Waals surface area contributed by atoms with Crippen molar-refractivity contribution in [3.8, 4) is 6.07 Å². The van der Waals surface area contributed by atoms with Crippen molar-refractivity contribution in [3.05, 3.63) is 53.7 Å². The summed E-state index contributed by atoms with van der Waals surface area (Å²) in [5.41, 5.74) is 0.516. The number of para-hydroxylation sites is 1. The molecule has 3 N–H and O–H groups in total. The van der Waals surface area contributed by atoms with Crippen LogP contribution in [0.25, 0.3) is 0 Å². The molecule has 0 unspecified atom stereocenters. The third-order valence-electron chi connectivity index (χ3n) is 2.61. The van der Waals surface area contributed by atoms with Crippen LogP contribution in [0.5, 0.6) is 0 Å². The molecule has 22 heavy (non-hydrogen) atoms. The van der Waals surface area contributed by atoms with Gasteiger partial charge in [-0.1, -0.05) is 12.1 Å². The predicted octanol–water partition coefficient (Wildman–Crippen LogP) is 2.23. The van der Waals surface area contributed by atoms with Gasteiger partial charge in [0, 0.05) is 6.20 Å². The lowest BCUT2D eigenvalue weighted by atomic mass is 10.2. The number of amides is 2. The molecule has 2 rings (SSSR count). The Morgan fingerprint density at radius 1 is 1.18 bits per heavy atom. The monoisotopic (exact) mass is 298 g/mol. The number of nitrogens with one attached hydrogen (secondary N) is 2. The molecular weight excluding hydrogens is 288 g/mol. The summed E-state index contributed by atoms with van der Waals surface area (Å²) in [5.74, 6) is -0.758. The lowest BCUT2D eigenvalue weighted by Gasteiger charge is -2.09. The highest BCUT2D eigenvalue weighted by Crippen LogP contribution is 2.16. The summed E-state index contributed by atoms with van der Waals surface area (Å²) in [4.78, 5) is 30.7. The van der Waals surface area contributed by atoms with E-state index in [1.807, 2.05) is 6.07 Å². The molecule has 1 aromatic carbocycles. The third-order valence-corrected chi connectivity index (χ3v) is 2.61. The zero-order valence-electron chi connectivity index (χ0n) is 11.1. The first kappa shape index (κ1) is 15.0. The van der Waals surface area contributed by atoms with Crippen molar-refractivity contribution in [2.45, 2.75) is 0 Å². The van der Waals surface area contributed by atoms with Gasteiger partial charge in [0.2, 0.25) is 0 Å². The van der Waals surface area contributed by atoms with Gasteiger partial charge in [-0.05, 0) is 24.3 Å². The highest BCUT2D eigenvalue weighted by atomic mass is 17.1. The smallest absolute Gasteiger partial charge is 0.307 e. The molecule has 0 spiro atoms. The molecular formula is C14H10N4O4. The highest BCUT2D eigenvalue weighted by molar-refractivity contribution is 6.04. The van der Waals surface area contributed by atoms with Crippen LogP contribution in [0.15, 0.2) is 42.6 Å². The Bertz CT molecular complexity index is 737. The van der Waals surface area contributed by atoms with Gasteiger partial charge in [0.1, 0.15) is 11.9 Å². The van der Waals surface area contributed by atoms with Gasteiger partial charge in [-0.2, -0.15) is 10.5 Å². The average Bonchev–Trinajstić information content (AvgIpc) is 2.55. The van der Waals surface area contributed by atoms with E-state index >= 15 is 0 Å². The van der Waals surface area contributed by atoms with Crippen LogP contribution in [-0.2, 0) is 4.89 Å². The number of aromatic nitrogens is 1. The Morgan fingerprint density at radius 2 is 1.95 bits per heavy atom. The first-order chi connectivity index (χ1) is 10.6. The fraction of sp³-hybridized carbons (Fsp3) is 0. The summed E-state index contributed by atoms with van der Waals surface area (Å²) in [6, 6.07) is 10.2. The number of rotatable bonds is 3. The fourth-order valence-electron chi connectivity index (χ4n) is 1.62. The molecule has 8 heteroatoms. The standard InChI is InChI=1S/C14H10N4O4/c15-7-9-5-6-12(16-8-9)18-14(20)17-11-4-2-1-3-10(11)13(19)22-21/h1-6,8,21H,(H2,16,17,18,20). The van der Waals surface area contributed by atoms with Gasteiger partial charge in [-0.15, -0.1) is 0 Å². The first-order valence-electron chi connectivity index (χ1n) is 6.03. The highest BCUT2D eigenvalue weighted by Gasteiger charge is 2.14. The van der Waals surface area contributed by atoms with Gasteiger partial charge in [-0.25, -0.2) is 14.6 Å². The van der Waals surface area contributed by atoms with Gasteiger partial charge in [0.15, 0.2) is 0 Å². The number of carbonyl (C=O) groups is 2. The topological polar surface area (TPSA) is 124 Å². The SMILES string of the molecule is N#Cc1ccc(NC(=O)Nc2ccccc2C(=O)OO)nc1. The number of nitriles is 1. The second-order valence-corrected chi connectivity index (χ2v) is 4.05. The van der Waals surface area contributed by atoms with Crippen LogP contribution in [0.1, 0.15) is 15.9 Å². The van der Waals surface area contributed by atoms with Crippen LogP contribution in [0, 0.1) is 11.3 Å². The molecule has 0 saturated carbocycles. The molecule has 0 aliphatic rings. The van der Waals surface area contributed by atoms with Gasteiger partial charge in [-0.3, -0.25) is 10.2 Å². The predicted molar refractivity (Wildman–Crippen MR) is 76.1 cm³/mol. The third kappa shape index (κ3) is 3.56. The van der Waals surface area contributed by atoms with Crippen LogP contribution >= 0.6 is 0 Å². The van der Waals surface area contributed by atoms with Crippen molar-refractivity contribution < 1.29 is 19.7 Å². The molecule has 0 radical (unpaired) electrons. The number of carbonyl (C=O) groups excluding carboxylic acids is 2. The van der Waals surface area contributed by atoms with Crippen molar-refractivity contribution in [2.75, 3.05) is 10.6 Å². The van der Waals surface area contributed by atoms with Crippen LogP contribution in [0.4, 0.5) is 16.3 Å². The number of pyridine rings is 1. The minimum atomic E-state index is -0.993. The molecule has 1 heterocycles. The summed E-state index contributed by atoms with van der Waals surface area (Å²) in [6.45, 7) is 0. The second-order valence-electron chi connectivity index (χ2n) is 4.05. The van der Waals surface area contributed by atoms with Crippen molar-refractivity contribution in [1.29, 1.82) is 5.26 Å². The van der Waals surface area contributed by atoms with Crippen molar-refractivity contribution in [1.82, 2.24) is 4.98 Å². The van der Waals surface area contributed by atoms with Gasteiger partial charge in [0.25, 0.3) is 0 Å². The Hall–Kier alpha value is -3.44. The molecule has 0 fully saturated rings. The molecule has 0 aliphatic carbocycles. The van der Waals surface area contributed by atoms with Gasteiger partial charge < -0.3 is 5.32 Å². The Morgan fingerprint density at radius 3 is 2.59 bits per heavy atom. The molecule has 110 valence electrons. The number of urea groups is 1.